The molecule has 1 fully saturated rings. The largest absolute Gasteiger partial charge is 0.489 e. The highest BCUT2D eigenvalue weighted by Gasteiger charge is 2.56. The number of anilines is 1. The second kappa shape index (κ2) is 9.36. The monoisotopic (exact) mass is 528 g/mol. The Balaban J connectivity index is 1.43. The Kier molecular flexibility index (Phi) is 6.01. The minimum atomic E-state index is -0.652. The Morgan fingerprint density at radius 2 is 1.62 bits per heavy atom. The molecule has 3 atom stereocenters. The van der Waals surface area contributed by atoms with E-state index in [1.165, 1.54) is 16.7 Å². The highest BCUT2D eigenvalue weighted by Crippen LogP contribution is 2.54. The van der Waals surface area contributed by atoms with Crippen LogP contribution in [0.1, 0.15) is 33.0 Å². The van der Waals surface area contributed by atoms with Crippen LogP contribution >= 0.6 is 23.1 Å². The Bertz CT molecular complexity index is 1570. The van der Waals surface area contributed by atoms with Gasteiger partial charge >= 0.3 is 4.87 Å². The van der Waals surface area contributed by atoms with E-state index in [2.05, 4.69) is 4.98 Å². The van der Waals surface area contributed by atoms with Crippen molar-refractivity contribution < 1.29 is 14.3 Å². The molecular formula is C29H24N2O4S2. The average Bonchev–Trinajstić information content (AvgIpc) is 3.39. The van der Waals surface area contributed by atoms with Crippen molar-refractivity contribution in [3.05, 3.63) is 110 Å². The molecule has 0 unspecified atom stereocenters. The standard InChI is InChI=1S/C29H24N2O4S2/c1-16-11-13-19(14-12-16)31-27(32)23-22(24-26(30-29(34)37-24)36-25(23)28(31)33)20-9-5-6-10-21(20)35-15-18-8-4-3-7-17(18)2/h3-14,22-23,25H,15H2,1-2H3,(H,30,34)/t22-,23-,25+/m0/s1. The number of rotatable bonds is 5. The van der Waals surface area contributed by atoms with Gasteiger partial charge in [0.1, 0.15) is 17.6 Å². The summed E-state index contributed by atoms with van der Waals surface area (Å²) < 4.78 is 6.31. The molecule has 6 rings (SSSR count). The summed E-state index contributed by atoms with van der Waals surface area (Å²) in [6, 6.07) is 23.1. The van der Waals surface area contributed by atoms with Crippen molar-refractivity contribution in [3.63, 3.8) is 0 Å². The van der Waals surface area contributed by atoms with E-state index in [1.54, 1.807) is 12.1 Å². The molecule has 37 heavy (non-hydrogen) atoms. The number of imide groups is 1. The number of carbonyl (C=O) groups excluding carboxylic acids is 2. The quantitative estimate of drug-likeness (QED) is 0.350. The van der Waals surface area contributed by atoms with Crippen molar-refractivity contribution in [2.45, 2.75) is 36.6 Å². The summed E-state index contributed by atoms with van der Waals surface area (Å²) in [6.45, 7) is 4.38. The summed E-state index contributed by atoms with van der Waals surface area (Å²) in [6.07, 6.45) is 0. The third kappa shape index (κ3) is 4.10. The Labute approximate surface area is 222 Å². The minimum Gasteiger partial charge on any atom is -0.489 e. The highest BCUT2D eigenvalue weighted by molar-refractivity contribution is 8.00. The van der Waals surface area contributed by atoms with Gasteiger partial charge in [0, 0.05) is 16.4 Å². The van der Waals surface area contributed by atoms with Crippen molar-refractivity contribution in [1.29, 1.82) is 0 Å². The minimum absolute atomic E-state index is 0.198. The number of amides is 2. The molecule has 1 aromatic heterocycles. The molecule has 6 nitrogen and oxygen atoms in total. The lowest BCUT2D eigenvalue weighted by molar-refractivity contribution is -0.122. The number of fused-ring (bicyclic) bond motifs is 2. The molecule has 0 aliphatic carbocycles. The number of H-pyrrole nitrogens is 1. The van der Waals surface area contributed by atoms with Crippen molar-refractivity contribution in [3.8, 4) is 5.75 Å². The van der Waals surface area contributed by atoms with Gasteiger partial charge in [-0.05, 0) is 43.2 Å². The van der Waals surface area contributed by atoms with Gasteiger partial charge in [0.15, 0.2) is 0 Å². The van der Waals surface area contributed by atoms with Crippen LogP contribution in [0.4, 0.5) is 5.69 Å². The second-order valence-corrected chi connectivity index (χ2v) is 11.5. The van der Waals surface area contributed by atoms with Crippen LogP contribution in [-0.2, 0) is 16.2 Å². The van der Waals surface area contributed by atoms with Gasteiger partial charge in [-0.15, -0.1) is 0 Å². The van der Waals surface area contributed by atoms with Crippen LogP contribution < -0.4 is 14.5 Å². The normalized spacial score (nSPS) is 20.6. The van der Waals surface area contributed by atoms with Gasteiger partial charge < -0.3 is 9.72 Å². The molecule has 0 saturated carbocycles. The van der Waals surface area contributed by atoms with Crippen LogP contribution in [-0.4, -0.2) is 22.0 Å². The number of thiazole rings is 1. The third-order valence-electron chi connectivity index (χ3n) is 7.01. The van der Waals surface area contributed by atoms with Gasteiger partial charge in [0.25, 0.3) is 0 Å². The number of aromatic amines is 1. The number of aromatic nitrogens is 1. The Hall–Kier alpha value is -3.62. The lowest BCUT2D eigenvalue weighted by Crippen LogP contribution is -2.32. The van der Waals surface area contributed by atoms with Crippen LogP contribution in [0.25, 0.3) is 0 Å². The van der Waals surface area contributed by atoms with E-state index in [4.69, 9.17) is 4.74 Å². The molecule has 1 N–H and O–H groups in total. The first kappa shape index (κ1) is 23.8. The third-order valence-corrected chi connectivity index (χ3v) is 9.42. The SMILES string of the molecule is Cc1ccc(N2C(=O)[C@H]3[C@H](c4ccccc4OCc4ccccc4C)c4sc(=O)[nH]c4S[C@H]3C2=O)cc1. The van der Waals surface area contributed by atoms with Crippen LogP contribution in [0.5, 0.6) is 5.75 Å². The van der Waals surface area contributed by atoms with E-state index >= 15 is 0 Å². The molecule has 0 spiro atoms. The van der Waals surface area contributed by atoms with Crippen LogP contribution in [0, 0.1) is 19.8 Å². The number of nitrogens with one attached hydrogen (secondary N) is 1. The molecule has 8 heteroatoms. The lowest BCUT2D eigenvalue weighted by Gasteiger charge is -2.30. The van der Waals surface area contributed by atoms with Crippen molar-refractivity contribution in [1.82, 2.24) is 4.98 Å². The number of nitrogens with zero attached hydrogens (tertiary/aromatic N) is 1. The number of aryl methyl sites for hydroxylation is 2. The maximum absolute atomic E-state index is 13.9. The fraction of sp³-hybridized carbons (Fsp3) is 0.207. The molecule has 2 amide bonds. The van der Waals surface area contributed by atoms with Gasteiger partial charge in [0.05, 0.1) is 16.6 Å². The number of para-hydroxylation sites is 1. The summed E-state index contributed by atoms with van der Waals surface area (Å²) in [5.41, 5.74) is 4.61. The van der Waals surface area contributed by atoms with E-state index in [0.29, 0.717) is 23.1 Å². The first-order valence-corrected chi connectivity index (χ1v) is 13.7. The van der Waals surface area contributed by atoms with Crippen molar-refractivity contribution >= 4 is 40.6 Å². The van der Waals surface area contributed by atoms with E-state index < -0.39 is 17.1 Å². The smallest absolute Gasteiger partial charge is 0.305 e. The molecule has 186 valence electrons. The average molecular weight is 529 g/mol. The first-order chi connectivity index (χ1) is 17.9. The van der Waals surface area contributed by atoms with Gasteiger partial charge in [-0.1, -0.05) is 83.3 Å². The Morgan fingerprint density at radius 3 is 2.41 bits per heavy atom. The molecule has 3 heterocycles. The van der Waals surface area contributed by atoms with E-state index in [1.807, 2.05) is 74.5 Å². The van der Waals surface area contributed by atoms with Gasteiger partial charge in [-0.25, -0.2) is 4.90 Å². The maximum atomic E-state index is 13.9. The van der Waals surface area contributed by atoms with E-state index in [9.17, 15) is 14.4 Å². The van der Waals surface area contributed by atoms with E-state index in [-0.39, 0.29) is 16.7 Å². The fourth-order valence-corrected chi connectivity index (χ4v) is 7.60. The number of benzene rings is 3. The van der Waals surface area contributed by atoms with Gasteiger partial charge in [-0.2, -0.15) is 0 Å². The highest BCUT2D eigenvalue weighted by atomic mass is 32.2. The number of hydrogen-bond acceptors (Lipinski definition) is 6. The predicted molar refractivity (Wildman–Crippen MR) is 146 cm³/mol. The van der Waals surface area contributed by atoms with Crippen LogP contribution in [0.3, 0.4) is 0 Å². The molecule has 0 bridgehead atoms. The van der Waals surface area contributed by atoms with Crippen LogP contribution in [0.15, 0.2) is 82.6 Å². The maximum Gasteiger partial charge on any atom is 0.305 e. The molecule has 4 aromatic rings. The number of thioether (sulfide) groups is 1. The van der Waals surface area contributed by atoms with Gasteiger partial charge in [0.2, 0.25) is 11.8 Å². The molecule has 0 radical (unpaired) electrons. The molecule has 1 saturated heterocycles. The van der Waals surface area contributed by atoms with Crippen LogP contribution in [0.2, 0.25) is 0 Å². The molecule has 2 aliphatic rings. The van der Waals surface area contributed by atoms with Crippen molar-refractivity contribution in [2.75, 3.05) is 4.90 Å². The van der Waals surface area contributed by atoms with Gasteiger partial charge in [-0.3, -0.25) is 14.4 Å². The summed E-state index contributed by atoms with van der Waals surface area (Å²) in [7, 11) is 0. The summed E-state index contributed by atoms with van der Waals surface area (Å²) >= 11 is 2.38. The lowest BCUT2D eigenvalue weighted by atomic mass is 9.82. The predicted octanol–water partition coefficient (Wildman–Crippen LogP) is 5.43. The van der Waals surface area contributed by atoms with Crippen molar-refractivity contribution in [2.24, 2.45) is 5.92 Å². The number of hydrogen-bond donors (Lipinski definition) is 1. The topological polar surface area (TPSA) is 79.5 Å². The molecule has 3 aromatic carbocycles. The summed E-state index contributed by atoms with van der Waals surface area (Å²) in [5, 5.41) is 0.0165. The summed E-state index contributed by atoms with van der Waals surface area (Å²) in [4.78, 5) is 44.7. The van der Waals surface area contributed by atoms with E-state index in [0.717, 1.165) is 38.5 Å². The zero-order chi connectivity index (χ0) is 25.7. The zero-order valence-corrected chi connectivity index (χ0v) is 21.9. The fourth-order valence-electron chi connectivity index (χ4n) is 5.10. The first-order valence-electron chi connectivity index (χ1n) is 12.0. The molecular weight excluding hydrogens is 504 g/mol. The molecule has 2 aliphatic heterocycles. The summed E-state index contributed by atoms with van der Waals surface area (Å²) in [5.74, 6) is -1.00. The number of ether oxygens (including phenoxy) is 1. The zero-order valence-electron chi connectivity index (χ0n) is 20.3. The number of carbonyl (C=O) groups is 2. The Morgan fingerprint density at radius 1 is 0.892 bits per heavy atom. The second-order valence-electron chi connectivity index (χ2n) is 9.35.